The molecule has 2 aliphatic rings. The summed E-state index contributed by atoms with van der Waals surface area (Å²) in [6.45, 7) is 0. The van der Waals surface area contributed by atoms with Crippen molar-refractivity contribution in [3.8, 4) is 6.07 Å². The maximum Gasteiger partial charge on any atom is 0.254 e. The largest absolute Gasteiger partial charge is 0.365 e. The molecule has 9 heteroatoms. The molecule has 0 bridgehead atoms. The topological polar surface area (TPSA) is 131 Å². The Balaban J connectivity index is 1.67. The van der Waals surface area contributed by atoms with Crippen molar-refractivity contribution in [1.82, 2.24) is 9.78 Å². The fraction of sp³-hybridized carbons (Fsp3) is 0.316. The number of hydrogen-bond donors (Lipinski definition) is 2. The van der Waals surface area contributed by atoms with Crippen LogP contribution in [0.4, 0.5) is 11.5 Å². The van der Waals surface area contributed by atoms with Gasteiger partial charge in [0.05, 0.1) is 22.9 Å². The number of nitrogens with one attached hydrogen (secondary N) is 1. The predicted octanol–water partition coefficient (Wildman–Crippen LogP) is 2.74. The monoisotopic (exact) mass is 397 g/mol. The van der Waals surface area contributed by atoms with E-state index in [0.29, 0.717) is 17.1 Å². The van der Waals surface area contributed by atoms with Gasteiger partial charge in [-0.2, -0.15) is 10.4 Å². The van der Waals surface area contributed by atoms with Gasteiger partial charge in [-0.15, -0.1) is 0 Å². The zero-order valence-electron chi connectivity index (χ0n) is 15.0. The highest BCUT2D eigenvalue weighted by Crippen LogP contribution is 2.35. The standard InChI is InChI=1S/C19H19N5O3S/c20-10-13-3-1-2-4-16(13)24-11-15(18(21)25)19(23-24)22-14-5-6-17-12(9-14)7-8-28(17,26)27/h5-9,11,13,16H,1-4H2,(H2,21,25)(H,22,23)/t13?,16-/m0/s1. The molecule has 2 atom stereocenters. The second kappa shape index (κ2) is 6.80. The fourth-order valence-corrected chi connectivity index (χ4v) is 4.99. The van der Waals surface area contributed by atoms with Crippen LogP contribution in [0.2, 0.25) is 0 Å². The van der Waals surface area contributed by atoms with Gasteiger partial charge in [0.1, 0.15) is 5.56 Å². The minimum Gasteiger partial charge on any atom is -0.365 e. The smallest absolute Gasteiger partial charge is 0.254 e. The number of carbonyl (C=O) groups is 1. The maximum absolute atomic E-state index is 11.9. The lowest BCUT2D eigenvalue weighted by atomic mass is 9.85. The van der Waals surface area contributed by atoms with E-state index in [2.05, 4.69) is 16.5 Å². The zero-order valence-corrected chi connectivity index (χ0v) is 15.8. The van der Waals surface area contributed by atoms with Crippen LogP contribution in [-0.2, 0) is 9.84 Å². The Morgan fingerprint density at radius 2 is 2.11 bits per heavy atom. The molecule has 1 fully saturated rings. The van der Waals surface area contributed by atoms with Crippen molar-refractivity contribution >= 4 is 33.3 Å². The number of anilines is 2. The second-order valence-electron chi connectivity index (χ2n) is 7.05. The van der Waals surface area contributed by atoms with Crippen molar-refractivity contribution in [3.05, 3.63) is 40.9 Å². The zero-order chi connectivity index (χ0) is 19.9. The molecule has 3 N–H and O–H groups in total. The van der Waals surface area contributed by atoms with E-state index in [1.807, 2.05) is 0 Å². The van der Waals surface area contributed by atoms with Crippen molar-refractivity contribution in [2.75, 3.05) is 5.32 Å². The van der Waals surface area contributed by atoms with E-state index in [1.54, 1.807) is 23.0 Å². The molecule has 0 radical (unpaired) electrons. The van der Waals surface area contributed by atoms with Crippen LogP contribution < -0.4 is 11.1 Å². The summed E-state index contributed by atoms with van der Waals surface area (Å²) in [5.41, 5.74) is 6.91. The lowest BCUT2D eigenvalue weighted by Crippen LogP contribution is -2.22. The van der Waals surface area contributed by atoms with E-state index >= 15 is 0 Å². The Labute approximate surface area is 162 Å². The molecule has 2 heterocycles. The number of benzene rings is 1. The van der Waals surface area contributed by atoms with Gasteiger partial charge in [-0.05, 0) is 42.7 Å². The maximum atomic E-state index is 11.9. The van der Waals surface area contributed by atoms with Crippen LogP contribution >= 0.6 is 0 Å². The number of hydrogen-bond acceptors (Lipinski definition) is 6. The third-order valence-electron chi connectivity index (χ3n) is 5.24. The van der Waals surface area contributed by atoms with Gasteiger partial charge in [0.15, 0.2) is 15.7 Å². The van der Waals surface area contributed by atoms with Gasteiger partial charge in [0, 0.05) is 17.3 Å². The van der Waals surface area contributed by atoms with E-state index in [9.17, 15) is 18.5 Å². The van der Waals surface area contributed by atoms with Gasteiger partial charge in [-0.1, -0.05) is 12.8 Å². The number of nitrogens with zero attached hydrogens (tertiary/aromatic N) is 3. The summed E-state index contributed by atoms with van der Waals surface area (Å²) < 4.78 is 25.4. The Morgan fingerprint density at radius 1 is 1.32 bits per heavy atom. The lowest BCUT2D eigenvalue weighted by Gasteiger charge is -2.26. The van der Waals surface area contributed by atoms with Crippen LogP contribution in [0.1, 0.15) is 47.6 Å². The molecule has 0 spiro atoms. The molecule has 1 aliphatic heterocycles. The highest BCUT2D eigenvalue weighted by molar-refractivity contribution is 7.94. The van der Waals surface area contributed by atoms with E-state index in [0.717, 1.165) is 31.1 Å². The Bertz CT molecular complexity index is 1130. The molecule has 1 unspecified atom stereocenters. The number of aromatic nitrogens is 2. The number of rotatable bonds is 4. The first-order chi connectivity index (χ1) is 13.4. The highest BCUT2D eigenvalue weighted by Gasteiger charge is 2.29. The highest BCUT2D eigenvalue weighted by atomic mass is 32.2. The molecule has 8 nitrogen and oxygen atoms in total. The third-order valence-corrected chi connectivity index (χ3v) is 6.72. The summed E-state index contributed by atoms with van der Waals surface area (Å²) >= 11 is 0. The summed E-state index contributed by atoms with van der Waals surface area (Å²) in [4.78, 5) is 12.2. The number of carbonyl (C=O) groups excluding carboxylic acids is 1. The molecule has 2 aromatic rings. The van der Waals surface area contributed by atoms with Gasteiger partial charge < -0.3 is 11.1 Å². The average Bonchev–Trinajstić information content (AvgIpc) is 3.23. The van der Waals surface area contributed by atoms with Crippen LogP contribution in [0.5, 0.6) is 0 Å². The van der Waals surface area contributed by atoms with Crippen molar-refractivity contribution < 1.29 is 13.2 Å². The summed E-state index contributed by atoms with van der Waals surface area (Å²) in [6.07, 6.45) is 6.75. The van der Waals surface area contributed by atoms with Crippen LogP contribution in [-0.4, -0.2) is 24.1 Å². The number of sulfone groups is 1. The van der Waals surface area contributed by atoms with Gasteiger partial charge in [0.25, 0.3) is 5.91 Å². The van der Waals surface area contributed by atoms with Gasteiger partial charge in [-0.25, -0.2) is 8.42 Å². The number of primary amides is 1. The minimum atomic E-state index is -3.37. The molecule has 1 aliphatic carbocycles. The first-order valence-corrected chi connectivity index (χ1v) is 10.6. The van der Waals surface area contributed by atoms with Gasteiger partial charge >= 0.3 is 0 Å². The van der Waals surface area contributed by atoms with Crippen LogP contribution in [0.15, 0.2) is 34.7 Å². The van der Waals surface area contributed by atoms with Gasteiger partial charge in [0.2, 0.25) is 0 Å². The number of fused-ring (bicyclic) bond motifs is 1. The molecular formula is C19H19N5O3S. The molecular weight excluding hydrogens is 378 g/mol. The molecule has 1 aromatic heterocycles. The second-order valence-corrected chi connectivity index (χ2v) is 8.85. The molecule has 1 saturated carbocycles. The van der Waals surface area contributed by atoms with Crippen LogP contribution in [0, 0.1) is 17.2 Å². The normalized spacial score (nSPS) is 22.4. The lowest BCUT2D eigenvalue weighted by molar-refractivity contribution is 0.100. The molecule has 0 saturated heterocycles. The first-order valence-electron chi connectivity index (χ1n) is 9.02. The SMILES string of the molecule is N#CC1CCCC[C@@H]1n1cc(C(N)=O)c(Nc2ccc3c(c2)C=CS3(=O)=O)n1. The fourth-order valence-electron chi connectivity index (χ4n) is 3.80. The molecule has 4 rings (SSSR count). The van der Waals surface area contributed by atoms with E-state index in [4.69, 9.17) is 5.73 Å². The summed E-state index contributed by atoms with van der Waals surface area (Å²) in [7, 11) is -3.37. The number of nitriles is 1. The summed E-state index contributed by atoms with van der Waals surface area (Å²) in [5.74, 6) is -0.487. The predicted molar refractivity (Wildman–Crippen MR) is 103 cm³/mol. The molecule has 1 aromatic carbocycles. The third kappa shape index (κ3) is 3.16. The van der Waals surface area contributed by atoms with Gasteiger partial charge in [-0.3, -0.25) is 9.48 Å². The Morgan fingerprint density at radius 3 is 2.86 bits per heavy atom. The molecule has 1 amide bonds. The van der Waals surface area contributed by atoms with Crippen LogP contribution in [0.3, 0.4) is 0 Å². The molecule has 144 valence electrons. The van der Waals surface area contributed by atoms with E-state index in [-0.39, 0.29) is 22.4 Å². The minimum absolute atomic E-state index is 0.0968. The Hall–Kier alpha value is -3.12. The quantitative estimate of drug-likeness (QED) is 0.815. The first kappa shape index (κ1) is 18.3. The summed E-state index contributed by atoms with van der Waals surface area (Å²) in [6, 6.07) is 7.05. The number of nitrogens with two attached hydrogens (primary N) is 1. The van der Waals surface area contributed by atoms with E-state index < -0.39 is 15.7 Å². The van der Waals surface area contributed by atoms with Crippen molar-refractivity contribution in [2.24, 2.45) is 11.7 Å². The summed E-state index contributed by atoms with van der Waals surface area (Å²) in [5, 5.41) is 18.1. The van der Waals surface area contributed by atoms with E-state index in [1.165, 1.54) is 12.1 Å². The Kier molecular flexibility index (Phi) is 4.43. The van der Waals surface area contributed by atoms with Crippen molar-refractivity contribution in [2.45, 2.75) is 36.6 Å². The average molecular weight is 397 g/mol. The van der Waals surface area contributed by atoms with Crippen molar-refractivity contribution in [3.63, 3.8) is 0 Å². The number of amides is 1. The van der Waals surface area contributed by atoms with Crippen LogP contribution in [0.25, 0.3) is 6.08 Å². The molecule has 28 heavy (non-hydrogen) atoms. The van der Waals surface area contributed by atoms with Crippen molar-refractivity contribution in [1.29, 1.82) is 5.26 Å².